The van der Waals surface area contributed by atoms with Crippen molar-refractivity contribution in [1.82, 2.24) is 24.7 Å². The number of thioether (sulfide) groups is 1. The molecule has 0 unspecified atom stereocenters. The lowest BCUT2D eigenvalue weighted by Crippen LogP contribution is -2.29. The van der Waals surface area contributed by atoms with Gasteiger partial charge in [-0.3, -0.25) is 4.79 Å². The first-order chi connectivity index (χ1) is 13.7. The summed E-state index contributed by atoms with van der Waals surface area (Å²) in [6, 6.07) is 3.50. The minimum atomic E-state index is -0.224. The number of nitrogens with one attached hydrogen (secondary N) is 1. The Kier molecular flexibility index (Phi) is 5.52. The van der Waals surface area contributed by atoms with Gasteiger partial charge in [0.05, 0.1) is 41.7 Å². The van der Waals surface area contributed by atoms with Crippen LogP contribution < -0.4 is 10.2 Å². The number of carbonyl (C=O) groups excluding carboxylic acids is 1. The second kappa shape index (κ2) is 8.39. The Hall–Kier alpha value is -2.94. The Labute approximate surface area is 167 Å². The largest absolute Gasteiger partial charge is 0.369 e. The van der Waals surface area contributed by atoms with E-state index in [2.05, 4.69) is 30.3 Å². The van der Waals surface area contributed by atoms with E-state index in [1.807, 2.05) is 18.6 Å². The van der Waals surface area contributed by atoms with E-state index in [9.17, 15) is 4.79 Å². The molecule has 1 saturated heterocycles. The fourth-order valence-corrected chi connectivity index (χ4v) is 3.72. The van der Waals surface area contributed by atoms with Gasteiger partial charge in [0, 0.05) is 19.3 Å². The van der Waals surface area contributed by atoms with Crippen LogP contribution in [0.2, 0.25) is 0 Å². The molecule has 0 spiro atoms. The third-order valence-corrected chi connectivity index (χ3v) is 5.31. The molecule has 0 aliphatic carbocycles. The molecule has 3 aromatic rings. The summed E-state index contributed by atoms with van der Waals surface area (Å²) in [5, 5.41) is 7.79. The number of anilines is 2. The van der Waals surface area contributed by atoms with E-state index in [0.717, 1.165) is 18.8 Å². The summed E-state index contributed by atoms with van der Waals surface area (Å²) in [5.41, 5.74) is 2.14. The highest BCUT2D eigenvalue weighted by Gasteiger charge is 2.14. The maximum atomic E-state index is 12.5. The van der Waals surface area contributed by atoms with Crippen molar-refractivity contribution in [2.45, 2.75) is 24.3 Å². The summed E-state index contributed by atoms with van der Waals surface area (Å²) >= 11 is 1.43. The monoisotopic (exact) mass is 395 g/mol. The Morgan fingerprint density at radius 3 is 2.64 bits per heavy atom. The SMILES string of the molecule is CSc1ncccc1C(=O)Nc1cnn(-c2ncc(N3CCCCC3)cn2)c1. The van der Waals surface area contributed by atoms with Crippen molar-refractivity contribution in [3.8, 4) is 5.95 Å². The van der Waals surface area contributed by atoms with E-state index in [1.165, 1.54) is 31.0 Å². The maximum absolute atomic E-state index is 12.5. The molecule has 0 radical (unpaired) electrons. The standard InChI is InChI=1S/C19H21N7OS/c1-28-18-16(6-5-7-20-18)17(27)24-14-10-23-26(13-14)19-21-11-15(12-22-19)25-8-3-2-4-9-25/h5-7,10-13H,2-4,8-9H2,1H3,(H,24,27). The molecule has 0 bridgehead atoms. The summed E-state index contributed by atoms with van der Waals surface area (Å²) in [5.74, 6) is 0.241. The first-order valence-electron chi connectivity index (χ1n) is 9.17. The van der Waals surface area contributed by atoms with E-state index < -0.39 is 0 Å². The molecule has 1 aliphatic heterocycles. The minimum Gasteiger partial charge on any atom is -0.369 e. The van der Waals surface area contributed by atoms with Crippen molar-refractivity contribution < 1.29 is 4.79 Å². The van der Waals surface area contributed by atoms with Gasteiger partial charge in [0.25, 0.3) is 11.9 Å². The zero-order valence-corrected chi connectivity index (χ0v) is 16.4. The second-order valence-electron chi connectivity index (χ2n) is 6.48. The molecule has 4 rings (SSSR count). The molecule has 1 amide bonds. The molecule has 144 valence electrons. The van der Waals surface area contributed by atoms with Crippen LogP contribution in [0.5, 0.6) is 0 Å². The summed E-state index contributed by atoms with van der Waals surface area (Å²) in [6.07, 6.45) is 14.2. The third kappa shape index (κ3) is 3.99. The third-order valence-electron chi connectivity index (χ3n) is 4.60. The van der Waals surface area contributed by atoms with Gasteiger partial charge in [-0.05, 0) is 37.7 Å². The molecule has 0 aromatic carbocycles. The van der Waals surface area contributed by atoms with E-state index >= 15 is 0 Å². The van der Waals surface area contributed by atoms with Crippen molar-refractivity contribution in [1.29, 1.82) is 0 Å². The normalized spacial score (nSPS) is 14.1. The molecule has 8 nitrogen and oxygen atoms in total. The Morgan fingerprint density at radius 2 is 1.89 bits per heavy atom. The Bertz CT molecular complexity index is 951. The summed E-state index contributed by atoms with van der Waals surface area (Å²) < 4.78 is 1.55. The zero-order valence-electron chi connectivity index (χ0n) is 15.6. The van der Waals surface area contributed by atoms with E-state index in [1.54, 1.807) is 35.4 Å². The lowest BCUT2D eigenvalue weighted by Gasteiger charge is -2.28. The molecule has 1 fully saturated rings. The number of aromatic nitrogens is 5. The predicted octanol–water partition coefficient (Wildman–Crippen LogP) is 3.02. The highest BCUT2D eigenvalue weighted by Crippen LogP contribution is 2.20. The second-order valence-corrected chi connectivity index (χ2v) is 7.27. The zero-order chi connectivity index (χ0) is 19.3. The molecule has 28 heavy (non-hydrogen) atoms. The molecule has 0 saturated carbocycles. The Morgan fingerprint density at radius 1 is 1.11 bits per heavy atom. The average Bonchev–Trinajstić information content (AvgIpc) is 3.23. The van der Waals surface area contributed by atoms with Crippen LogP contribution in [-0.2, 0) is 0 Å². The van der Waals surface area contributed by atoms with Gasteiger partial charge in [-0.25, -0.2) is 19.6 Å². The number of hydrogen-bond donors (Lipinski definition) is 1. The number of carbonyl (C=O) groups is 1. The van der Waals surface area contributed by atoms with Crippen LogP contribution in [0.4, 0.5) is 11.4 Å². The van der Waals surface area contributed by atoms with Gasteiger partial charge in [-0.2, -0.15) is 5.10 Å². The summed E-state index contributed by atoms with van der Waals surface area (Å²) in [6.45, 7) is 2.10. The highest BCUT2D eigenvalue weighted by molar-refractivity contribution is 7.98. The van der Waals surface area contributed by atoms with Gasteiger partial charge in [-0.15, -0.1) is 11.8 Å². The molecular weight excluding hydrogens is 374 g/mol. The van der Waals surface area contributed by atoms with Gasteiger partial charge >= 0.3 is 0 Å². The lowest BCUT2D eigenvalue weighted by atomic mass is 10.1. The molecule has 1 N–H and O–H groups in total. The molecule has 3 aromatic heterocycles. The van der Waals surface area contributed by atoms with Gasteiger partial charge in [0.15, 0.2) is 0 Å². The van der Waals surface area contributed by atoms with Crippen LogP contribution >= 0.6 is 11.8 Å². The molecular formula is C19H21N7OS. The van der Waals surface area contributed by atoms with Crippen LogP contribution in [0.3, 0.4) is 0 Å². The average molecular weight is 395 g/mol. The fourth-order valence-electron chi connectivity index (χ4n) is 3.17. The fraction of sp³-hybridized carbons (Fsp3) is 0.316. The van der Waals surface area contributed by atoms with E-state index in [0.29, 0.717) is 22.2 Å². The van der Waals surface area contributed by atoms with Crippen LogP contribution in [0.25, 0.3) is 5.95 Å². The molecule has 9 heteroatoms. The van der Waals surface area contributed by atoms with Crippen LogP contribution in [0.1, 0.15) is 29.6 Å². The number of pyridine rings is 1. The van der Waals surface area contributed by atoms with Crippen molar-refractivity contribution in [2.24, 2.45) is 0 Å². The van der Waals surface area contributed by atoms with Crippen LogP contribution in [-0.4, -0.2) is 50.0 Å². The minimum absolute atomic E-state index is 0.224. The van der Waals surface area contributed by atoms with E-state index in [-0.39, 0.29) is 5.91 Å². The highest BCUT2D eigenvalue weighted by atomic mass is 32.2. The topological polar surface area (TPSA) is 88.8 Å². The van der Waals surface area contributed by atoms with Crippen LogP contribution in [0.15, 0.2) is 48.1 Å². The van der Waals surface area contributed by atoms with Crippen LogP contribution in [0, 0.1) is 0 Å². The van der Waals surface area contributed by atoms with Gasteiger partial charge in [0.1, 0.15) is 5.03 Å². The van der Waals surface area contributed by atoms with Crippen molar-refractivity contribution in [3.63, 3.8) is 0 Å². The maximum Gasteiger partial charge on any atom is 0.258 e. The quantitative estimate of drug-likeness (QED) is 0.664. The molecule has 0 atom stereocenters. The smallest absolute Gasteiger partial charge is 0.258 e. The number of nitrogens with zero attached hydrogens (tertiary/aromatic N) is 6. The first-order valence-corrected chi connectivity index (χ1v) is 10.4. The predicted molar refractivity (Wildman–Crippen MR) is 109 cm³/mol. The molecule has 4 heterocycles. The Balaban J connectivity index is 1.46. The van der Waals surface area contributed by atoms with Gasteiger partial charge < -0.3 is 10.2 Å². The number of hydrogen-bond acceptors (Lipinski definition) is 7. The summed E-state index contributed by atoms with van der Waals surface area (Å²) in [4.78, 5) is 27.9. The van der Waals surface area contributed by atoms with E-state index in [4.69, 9.17) is 0 Å². The van der Waals surface area contributed by atoms with Crippen molar-refractivity contribution >= 4 is 29.0 Å². The van der Waals surface area contributed by atoms with Crippen molar-refractivity contribution in [3.05, 3.63) is 48.7 Å². The lowest BCUT2D eigenvalue weighted by molar-refractivity contribution is 0.102. The summed E-state index contributed by atoms with van der Waals surface area (Å²) in [7, 11) is 0. The van der Waals surface area contributed by atoms with Gasteiger partial charge in [-0.1, -0.05) is 0 Å². The number of piperidine rings is 1. The first kappa shape index (κ1) is 18.4. The number of amides is 1. The van der Waals surface area contributed by atoms with Gasteiger partial charge in [0.2, 0.25) is 0 Å². The number of rotatable bonds is 5. The molecule has 1 aliphatic rings. The van der Waals surface area contributed by atoms with Crippen molar-refractivity contribution in [2.75, 3.05) is 29.6 Å².